The normalized spacial score (nSPS) is 42.4. The first-order valence-electron chi connectivity index (χ1n) is 16.7. The molecule has 2 saturated carbocycles. The summed E-state index contributed by atoms with van der Waals surface area (Å²) >= 11 is 0. The summed E-state index contributed by atoms with van der Waals surface area (Å²) in [5.41, 5.74) is 0.326. The van der Waals surface area contributed by atoms with Crippen LogP contribution in [0.15, 0.2) is 11.1 Å². The smallest absolute Gasteiger partial charge is 0.334 e. The molecule has 7 aliphatic rings. The van der Waals surface area contributed by atoms with E-state index in [0.717, 1.165) is 43.4 Å². The van der Waals surface area contributed by atoms with Crippen LogP contribution >= 0.6 is 0 Å². The SMILES string of the molecule is CCCCCCCCCCCCNCC(=O)O[C@@H]1[C@@]2(C(C)C)O[C@H]2[C@@H]2O[C@@]23[C@H]2CCC4=C(COC4=O)[C@@H]2C[C@@H]2O[C@]213. The zero-order valence-electron chi connectivity index (χ0n) is 25.2. The van der Waals surface area contributed by atoms with Gasteiger partial charge >= 0.3 is 11.9 Å². The molecule has 0 bridgehead atoms. The Kier molecular flexibility index (Phi) is 7.32. The predicted octanol–water partition coefficient (Wildman–Crippen LogP) is 4.77. The molecule has 0 radical (unpaired) electrons. The largest absolute Gasteiger partial charge is 0.458 e. The zero-order valence-corrected chi connectivity index (χ0v) is 25.2. The lowest BCUT2D eigenvalue weighted by molar-refractivity contribution is -0.164. The van der Waals surface area contributed by atoms with Gasteiger partial charge in [-0.15, -0.1) is 0 Å². The maximum Gasteiger partial charge on any atom is 0.334 e. The van der Waals surface area contributed by atoms with E-state index in [0.29, 0.717) is 6.61 Å². The summed E-state index contributed by atoms with van der Waals surface area (Å²) < 4.78 is 31.6. The van der Waals surface area contributed by atoms with Crippen molar-refractivity contribution in [2.75, 3.05) is 19.7 Å². The third-order valence-corrected chi connectivity index (χ3v) is 11.6. The Morgan fingerprint density at radius 2 is 1.71 bits per heavy atom. The summed E-state index contributed by atoms with van der Waals surface area (Å²) in [6.07, 6.45) is 14.7. The van der Waals surface area contributed by atoms with E-state index in [2.05, 4.69) is 26.1 Å². The second kappa shape index (κ2) is 10.6. The highest BCUT2D eigenvalue weighted by atomic mass is 16.8. The summed E-state index contributed by atoms with van der Waals surface area (Å²) in [7, 11) is 0. The van der Waals surface area contributed by atoms with Crippen molar-refractivity contribution in [2.45, 2.75) is 145 Å². The Morgan fingerprint density at radius 3 is 2.44 bits per heavy atom. The van der Waals surface area contributed by atoms with Crippen LogP contribution in [0, 0.1) is 17.8 Å². The van der Waals surface area contributed by atoms with Crippen LogP contribution in [0.25, 0.3) is 0 Å². The van der Waals surface area contributed by atoms with Gasteiger partial charge in [-0.3, -0.25) is 4.79 Å². The van der Waals surface area contributed by atoms with Gasteiger partial charge in [0.15, 0.2) is 11.7 Å². The van der Waals surface area contributed by atoms with Crippen LogP contribution in [-0.2, 0) is 33.3 Å². The molecule has 4 aliphatic heterocycles. The summed E-state index contributed by atoms with van der Waals surface area (Å²) in [6.45, 7) is 7.99. The van der Waals surface area contributed by atoms with Gasteiger partial charge in [-0.1, -0.05) is 78.6 Å². The average molecular weight is 572 g/mol. The van der Waals surface area contributed by atoms with Crippen LogP contribution in [0.2, 0.25) is 0 Å². The number of nitrogens with one attached hydrogen (secondary N) is 1. The van der Waals surface area contributed by atoms with Gasteiger partial charge in [-0.25, -0.2) is 4.79 Å². The number of epoxide rings is 3. The van der Waals surface area contributed by atoms with Gasteiger partial charge in [0.1, 0.15) is 30.0 Å². The highest BCUT2D eigenvalue weighted by Gasteiger charge is 2.99. The summed E-state index contributed by atoms with van der Waals surface area (Å²) in [5, 5.41) is 3.32. The third-order valence-electron chi connectivity index (χ3n) is 11.6. The molecular weight excluding hydrogens is 522 g/mol. The zero-order chi connectivity index (χ0) is 28.4. The lowest BCUT2D eigenvalue weighted by atomic mass is 9.53. The van der Waals surface area contributed by atoms with Crippen LogP contribution < -0.4 is 5.32 Å². The van der Waals surface area contributed by atoms with Crippen LogP contribution in [0.3, 0.4) is 0 Å². The maximum absolute atomic E-state index is 13.2. The molecule has 8 heteroatoms. The quantitative estimate of drug-likeness (QED) is 0.170. The molecule has 9 atom stereocenters. The summed E-state index contributed by atoms with van der Waals surface area (Å²) in [4.78, 5) is 25.5. The Bertz CT molecular complexity index is 1090. The number of cyclic esters (lactones) is 1. The fourth-order valence-corrected chi connectivity index (χ4v) is 9.48. The second-order valence-electron chi connectivity index (χ2n) is 14.1. The monoisotopic (exact) mass is 571 g/mol. The Balaban J connectivity index is 0.946. The lowest BCUT2D eigenvalue weighted by Gasteiger charge is -2.47. The van der Waals surface area contributed by atoms with Crippen molar-refractivity contribution in [1.29, 1.82) is 0 Å². The molecule has 3 aliphatic carbocycles. The van der Waals surface area contributed by atoms with Crippen molar-refractivity contribution >= 4 is 11.9 Å². The summed E-state index contributed by atoms with van der Waals surface area (Å²) in [5.74, 6) is 0.234. The van der Waals surface area contributed by atoms with Gasteiger partial charge in [0, 0.05) is 11.5 Å². The van der Waals surface area contributed by atoms with Crippen molar-refractivity contribution in [1.82, 2.24) is 5.32 Å². The number of hydrogen-bond acceptors (Lipinski definition) is 8. The predicted molar refractivity (Wildman–Crippen MR) is 151 cm³/mol. The fraction of sp³-hybridized carbons (Fsp3) is 0.879. The number of ether oxygens (including phenoxy) is 5. The molecule has 41 heavy (non-hydrogen) atoms. The number of hydrogen-bond donors (Lipinski definition) is 1. The molecule has 228 valence electrons. The maximum atomic E-state index is 13.2. The van der Waals surface area contributed by atoms with Crippen molar-refractivity contribution < 1.29 is 33.3 Å². The van der Waals surface area contributed by atoms with Gasteiger partial charge < -0.3 is 29.0 Å². The van der Waals surface area contributed by atoms with Crippen LogP contribution in [0.1, 0.15) is 104 Å². The van der Waals surface area contributed by atoms with Crippen molar-refractivity contribution in [3.05, 3.63) is 11.1 Å². The molecule has 4 heterocycles. The fourth-order valence-electron chi connectivity index (χ4n) is 9.48. The van der Waals surface area contributed by atoms with E-state index in [1.807, 2.05) is 0 Å². The van der Waals surface area contributed by atoms with Crippen molar-refractivity contribution in [3.63, 3.8) is 0 Å². The molecule has 1 N–H and O–H groups in total. The first-order valence-corrected chi connectivity index (χ1v) is 16.7. The molecular formula is C33H49NO7. The van der Waals surface area contributed by atoms with Gasteiger partial charge in [-0.05, 0) is 49.6 Å². The molecule has 0 aromatic carbocycles. The van der Waals surface area contributed by atoms with Gasteiger partial charge in [0.25, 0.3) is 0 Å². The molecule has 7 rings (SSSR count). The first kappa shape index (κ1) is 28.3. The van der Waals surface area contributed by atoms with E-state index in [4.69, 9.17) is 23.7 Å². The number of carbonyl (C=O) groups excluding carboxylic acids is 2. The highest BCUT2D eigenvalue weighted by molar-refractivity contribution is 5.92. The molecule has 3 saturated heterocycles. The Hall–Kier alpha value is -1.48. The number of rotatable bonds is 15. The number of unbranched alkanes of at least 4 members (excludes halogenated alkanes) is 9. The van der Waals surface area contributed by atoms with E-state index in [1.165, 1.54) is 57.8 Å². The van der Waals surface area contributed by atoms with Gasteiger partial charge in [0.2, 0.25) is 0 Å². The van der Waals surface area contributed by atoms with Crippen LogP contribution in [-0.4, -0.2) is 72.9 Å². The topological polar surface area (TPSA) is 102 Å². The minimum Gasteiger partial charge on any atom is -0.458 e. The van der Waals surface area contributed by atoms with E-state index in [9.17, 15) is 9.59 Å². The second-order valence-corrected chi connectivity index (χ2v) is 14.1. The highest BCUT2D eigenvalue weighted by Crippen LogP contribution is 2.80. The lowest BCUT2D eigenvalue weighted by Crippen LogP contribution is -2.67. The first-order chi connectivity index (χ1) is 19.9. The van der Waals surface area contributed by atoms with E-state index < -0.39 is 22.9 Å². The molecule has 0 aromatic heterocycles. The van der Waals surface area contributed by atoms with E-state index >= 15 is 0 Å². The van der Waals surface area contributed by atoms with Crippen LogP contribution in [0.5, 0.6) is 0 Å². The minimum atomic E-state index is -0.649. The molecule has 0 amide bonds. The van der Waals surface area contributed by atoms with Crippen molar-refractivity contribution in [3.8, 4) is 0 Å². The summed E-state index contributed by atoms with van der Waals surface area (Å²) in [6, 6.07) is 0. The van der Waals surface area contributed by atoms with E-state index in [1.54, 1.807) is 0 Å². The number of carbonyl (C=O) groups is 2. The molecule has 0 aromatic rings. The third kappa shape index (κ3) is 4.21. The molecule has 2 spiro atoms. The van der Waals surface area contributed by atoms with Crippen LogP contribution in [0.4, 0.5) is 0 Å². The standard InChI is InChI=1S/C33H49NO7/c1-4-5-6-7-8-9-10-11-12-13-16-34-18-26(35)38-30-31(20(2)3)27(40-31)28-32(41-28)24-15-14-21-23(19-37-29(21)36)22(24)17-25-33(30,32)39-25/h20,22,24-25,27-28,30,34H,4-19H2,1-3H3/t22-,24-,25-,27-,28-,30+,31-,32-,33+/m0/s1. The van der Waals surface area contributed by atoms with E-state index in [-0.39, 0.29) is 54.5 Å². The van der Waals surface area contributed by atoms with Gasteiger partial charge in [-0.2, -0.15) is 0 Å². The average Bonchev–Trinajstić information content (AvgIpc) is 3.88. The number of fused-ring (bicyclic) bond motifs is 4. The Labute approximate surface area is 244 Å². The molecule has 8 nitrogen and oxygen atoms in total. The number of esters is 2. The minimum absolute atomic E-state index is 0.0349. The Morgan fingerprint density at radius 1 is 0.976 bits per heavy atom. The molecule has 0 unspecified atom stereocenters. The van der Waals surface area contributed by atoms with Gasteiger partial charge in [0.05, 0.1) is 12.6 Å². The molecule has 5 fully saturated rings. The van der Waals surface area contributed by atoms with Crippen molar-refractivity contribution in [2.24, 2.45) is 17.8 Å².